The van der Waals surface area contributed by atoms with E-state index in [2.05, 4.69) is 9.97 Å². The topological polar surface area (TPSA) is 75.5 Å². The average molecular weight is 432 g/mol. The average Bonchev–Trinajstić information content (AvgIpc) is 2.71. The summed E-state index contributed by atoms with van der Waals surface area (Å²) in [7, 11) is 0. The number of ether oxygens (including phenoxy) is 1. The highest BCUT2D eigenvalue weighted by molar-refractivity contribution is 6.39. The third-order valence-electron chi connectivity index (χ3n) is 4.06. The third kappa shape index (κ3) is 5.44. The molecular formula is C21H19Cl2N3O3. The number of aliphatic hydroxyl groups is 1. The first-order valence-electron chi connectivity index (χ1n) is 8.88. The monoisotopic (exact) mass is 431 g/mol. The number of nitrogens with zero attached hydrogens (tertiary/aromatic N) is 3. The van der Waals surface area contributed by atoms with E-state index < -0.39 is 12.0 Å². The molecule has 0 fully saturated rings. The summed E-state index contributed by atoms with van der Waals surface area (Å²) in [5.74, 6) is 0.153. The summed E-state index contributed by atoms with van der Waals surface area (Å²) in [6, 6.07) is 16.8. The van der Waals surface area contributed by atoms with Crippen molar-refractivity contribution < 1.29 is 14.6 Å². The Morgan fingerprint density at radius 2 is 1.69 bits per heavy atom. The smallest absolute Gasteiger partial charge is 0.264 e. The molecular weight excluding hydrogens is 413 g/mol. The Labute approximate surface area is 178 Å². The molecule has 1 heterocycles. The minimum absolute atomic E-state index is 0.0131. The first-order valence-corrected chi connectivity index (χ1v) is 9.64. The maximum Gasteiger partial charge on any atom is 0.264 e. The molecule has 1 N–H and O–H groups in total. The lowest BCUT2D eigenvalue weighted by Gasteiger charge is -2.25. The van der Waals surface area contributed by atoms with E-state index in [0.29, 0.717) is 18.0 Å². The lowest BCUT2D eigenvalue weighted by Crippen LogP contribution is -2.37. The van der Waals surface area contributed by atoms with Crippen molar-refractivity contribution in [1.29, 1.82) is 0 Å². The first-order chi connectivity index (χ1) is 14.0. The molecule has 0 aliphatic rings. The predicted molar refractivity (Wildman–Crippen MR) is 113 cm³/mol. The van der Waals surface area contributed by atoms with E-state index >= 15 is 0 Å². The van der Waals surface area contributed by atoms with Gasteiger partial charge in [0.25, 0.3) is 5.91 Å². The molecule has 0 spiro atoms. The van der Waals surface area contributed by atoms with Crippen molar-refractivity contribution in [1.82, 2.24) is 9.97 Å². The van der Waals surface area contributed by atoms with Crippen LogP contribution < -0.4 is 9.64 Å². The molecule has 0 bridgehead atoms. The molecule has 3 aromatic rings. The van der Waals surface area contributed by atoms with Crippen LogP contribution in [0.15, 0.2) is 60.9 Å². The summed E-state index contributed by atoms with van der Waals surface area (Å²) in [5.41, 5.74) is 1.59. The molecule has 3 rings (SSSR count). The van der Waals surface area contributed by atoms with Crippen LogP contribution in [0.1, 0.15) is 22.8 Å². The Morgan fingerprint density at radius 1 is 1.07 bits per heavy atom. The SMILES string of the molecule is CC(O)CN(C(=O)c1c(Cl)ncnc1Cl)c1ccc(OCc2ccccc2)cc1. The maximum absolute atomic E-state index is 13.1. The van der Waals surface area contributed by atoms with Gasteiger partial charge in [-0.25, -0.2) is 9.97 Å². The Bertz CT molecular complexity index is 946. The zero-order valence-electron chi connectivity index (χ0n) is 15.6. The second kappa shape index (κ2) is 9.69. The number of hydrogen-bond acceptors (Lipinski definition) is 5. The summed E-state index contributed by atoms with van der Waals surface area (Å²) in [6.45, 7) is 2.07. The van der Waals surface area contributed by atoms with E-state index in [1.54, 1.807) is 31.2 Å². The van der Waals surface area contributed by atoms with Gasteiger partial charge in [-0.3, -0.25) is 4.79 Å². The molecule has 2 aromatic carbocycles. The number of carbonyl (C=O) groups excluding carboxylic acids is 1. The van der Waals surface area contributed by atoms with Crippen LogP contribution in [0.25, 0.3) is 0 Å². The van der Waals surface area contributed by atoms with Gasteiger partial charge in [0.2, 0.25) is 0 Å². The van der Waals surface area contributed by atoms with Crippen LogP contribution >= 0.6 is 23.2 Å². The van der Waals surface area contributed by atoms with Gasteiger partial charge >= 0.3 is 0 Å². The number of aromatic nitrogens is 2. The molecule has 1 atom stereocenters. The van der Waals surface area contributed by atoms with Crippen molar-refractivity contribution in [2.75, 3.05) is 11.4 Å². The molecule has 1 aromatic heterocycles. The van der Waals surface area contributed by atoms with Crippen molar-refractivity contribution in [3.8, 4) is 5.75 Å². The Hall–Kier alpha value is -2.67. The minimum Gasteiger partial charge on any atom is -0.489 e. The highest BCUT2D eigenvalue weighted by Gasteiger charge is 2.25. The largest absolute Gasteiger partial charge is 0.489 e. The van der Waals surface area contributed by atoms with Gasteiger partial charge in [0.05, 0.1) is 12.6 Å². The highest BCUT2D eigenvalue weighted by Crippen LogP contribution is 2.26. The lowest BCUT2D eigenvalue weighted by molar-refractivity contribution is 0.0967. The Balaban J connectivity index is 1.81. The van der Waals surface area contributed by atoms with Crippen LogP contribution in [-0.4, -0.2) is 33.6 Å². The van der Waals surface area contributed by atoms with E-state index in [9.17, 15) is 9.90 Å². The molecule has 150 valence electrons. The summed E-state index contributed by atoms with van der Waals surface area (Å²) in [6.07, 6.45) is 0.411. The van der Waals surface area contributed by atoms with E-state index in [1.807, 2.05) is 30.3 Å². The van der Waals surface area contributed by atoms with E-state index in [1.165, 1.54) is 11.2 Å². The predicted octanol–water partition coefficient (Wildman–Crippen LogP) is 4.39. The number of aliphatic hydroxyl groups excluding tert-OH is 1. The van der Waals surface area contributed by atoms with Gasteiger partial charge in [0.1, 0.15) is 34.6 Å². The molecule has 0 aliphatic heterocycles. The zero-order valence-corrected chi connectivity index (χ0v) is 17.1. The van der Waals surface area contributed by atoms with Crippen LogP contribution in [0.3, 0.4) is 0 Å². The van der Waals surface area contributed by atoms with Gasteiger partial charge in [0.15, 0.2) is 0 Å². The standard InChI is InChI=1S/C21H19Cl2N3O3/c1-14(27)11-26(21(28)18-19(22)24-13-25-20(18)23)16-7-9-17(10-8-16)29-12-15-5-3-2-4-6-15/h2-10,13-14,27H,11-12H2,1H3. The van der Waals surface area contributed by atoms with Gasteiger partial charge in [-0.15, -0.1) is 0 Å². The van der Waals surface area contributed by atoms with Crippen LogP contribution in [0, 0.1) is 0 Å². The van der Waals surface area contributed by atoms with Crippen molar-refractivity contribution in [2.45, 2.75) is 19.6 Å². The number of amides is 1. The summed E-state index contributed by atoms with van der Waals surface area (Å²) >= 11 is 12.1. The normalized spacial score (nSPS) is 11.7. The molecule has 6 nitrogen and oxygen atoms in total. The number of rotatable bonds is 7. The number of benzene rings is 2. The summed E-state index contributed by atoms with van der Waals surface area (Å²) in [5, 5.41) is 9.77. The second-order valence-electron chi connectivity index (χ2n) is 6.36. The quantitative estimate of drug-likeness (QED) is 0.561. The molecule has 0 aliphatic carbocycles. The number of anilines is 1. The first kappa shape index (κ1) is 21.0. The van der Waals surface area contributed by atoms with Crippen molar-refractivity contribution in [3.05, 3.63) is 82.4 Å². The second-order valence-corrected chi connectivity index (χ2v) is 7.08. The fraction of sp³-hybridized carbons (Fsp3) is 0.190. The van der Waals surface area contributed by atoms with Gasteiger partial charge in [-0.2, -0.15) is 0 Å². The highest BCUT2D eigenvalue weighted by atomic mass is 35.5. The molecule has 8 heteroatoms. The van der Waals surface area contributed by atoms with Crippen LogP contribution in [-0.2, 0) is 6.61 Å². The molecule has 29 heavy (non-hydrogen) atoms. The van der Waals surface area contributed by atoms with Crippen molar-refractivity contribution >= 4 is 34.8 Å². The lowest BCUT2D eigenvalue weighted by atomic mass is 10.2. The number of halogens is 2. The van der Waals surface area contributed by atoms with E-state index in [0.717, 1.165) is 5.56 Å². The van der Waals surface area contributed by atoms with E-state index in [-0.39, 0.29) is 22.4 Å². The maximum atomic E-state index is 13.1. The summed E-state index contributed by atoms with van der Waals surface area (Å²) < 4.78 is 5.78. The van der Waals surface area contributed by atoms with Gasteiger partial charge in [-0.05, 0) is 36.8 Å². The van der Waals surface area contributed by atoms with Gasteiger partial charge in [-0.1, -0.05) is 53.5 Å². The summed E-state index contributed by atoms with van der Waals surface area (Å²) in [4.78, 5) is 22.1. The molecule has 1 unspecified atom stereocenters. The Morgan fingerprint density at radius 3 is 2.28 bits per heavy atom. The van der Waals surface area contributed by atoms with Crippen molar-refractivity contribution in [2.24, 2.45) is 0 Å². The molecule has 0 saturated carbocycles. The van der Waals surface area contributed by atoms with Crippen LogP contribution in [0.5, 0.6) is 5.75 Å². The Kier molecular flexibility index (Phi) is 7.04. The van der Waals surface area contributed by atoms with Crippen LogP contribution in [0.4, 0.5) is 5.69 Å². The van der Waals surface area contributed by atoms with Crippen LogP contribution in [0.2, 0.25) is 10.3 Å². The van der Waals surface area contributed by atoms with Gasteiger partial charge < -0.3 is 14.7 Å². The third-order valence-corrected chi connectivity index (χ3v) is 4.63. The van der Waals surface area contributed by atoms with Gasteiger partial charge in [0, 0.05) is 5.69 Å². The number of hydrogen-bond donors (Lipinski definition) is 1. The zero-order chi connectivity index (χ0) is 20.8. The molecule has 0 radical (unpaired) electrons. The van der Waals surface area contributed by atoms with E-state index in [4.69, 9.17) is 27.9 Å². The number of carbonyl (C=O) groups is 1. The molecule has 0 saturated heterocycles. The molecule has 1 amide bonds. The van der Waals surface area contributed by atoms with Crippen molar-refractivity contribution in [3.63, 3.8) is 0 Å². The fourth-order valence-corrected chi connectivity index (χ4v) is 3.17. The minimum atomic E-state index is -0.768. The fourth-order valence-electron chi connectivity index (χ4n) is 2.69.